The van der Waals surface area contributed by atoms with Crippen LogP contribution >= 0.6 is 0 Å². The fourth-order valence-electron chi connectivity index (χ4n) is 3.50. The number of methoxy groups -OCH3 is 1. The summed E-state index contributed by atoms with van der Waals surface area (Å²) in [5.74, 6) is 1.61. The zero-order valence-corrected chi connectivity index (χ0v) is 17.3. The van der Waals surface area contributed by atoms with Crippen molar-refractivity contribution in [2.75, 3.05) is 7.11 Å². The lowest BCUT2D eigenvalue weighted by molar-refractivity contribution is 0.302. The molecule has 0 radical (unpaired) electrons. The van der Waals surface area contributed by atoms with E-state index in [1.807, 2.05) is 80.6 Å². The molecule has 152 valence electrons. The Labute approximate surface area is 175 Å². The molecule has 0 aliphatic rings. The predicted octanol–water partition coefficient (Wildman–Crippen LogP) is 5.65. The van der Waals surface area contributed by atoms with Gasteiger partial charge in [0.05, 0.1) is 7.11 Å². The van der Waals surface area contributed by atoms with Crippen LogP contribution in [0.4, 0.5) is 0 Å². The number of aromatic hydroxyl groups is 1. The van der Waals surface area contributed by atoms with E-state index in [9.17, 15) is 5.11 Å². The topological polar surface area (TPSA) is 67.4 Å². The molecule has 0 aliphatic heterocycles. The Kier molecular flexibility index (Phi) is 5.44. The van der Waals surface area contributed by atoms with Crippen LogP contribution in [-0.4, -0.2) is 22.4 Å². The number of benzene rings is 3. The molecule has 0 saturated carbocycles. The number of hydrogen-bond donors (Lipinski definition) is 2. The van der Waals surface area contributed by atoms with E-state index in [2.05, 4.69) is 10.2 Å². The molecule has 0 bridgehead atoms. The molecular formula is C25H24N2O3. The van der Waals surface area contributed by atoms with Crippen molar-refractivity contribution in [2.45, 2.75) is 20.5 Å². The van der Waals surface area contributed by atoms with E-state index in [0.29, 0.717) is 29.2 Å². The van der Waals surface area contributed by atoms with Crippen LogP contribution in [0.3, 0.4) is 0 Å². The SMILES string of the molecule is COc1ccc(-c2c(-c3ccc(OCc4ccccc4)c(C)c3O)n[nH]c2C)cc1. The molecule has 0 aliphatic carbocycles. The monoisotopic (exact) mass is 400 g/mol. The number of rotatable bonds is 6. The number of aryl methyl sites for hydroxylation is 1. The van der Waals surface area contributed by atoms with Gasteiger partial charge in [-0.05, 0) is 49.2 Å². The molecule has 3 aromatic carbocycles. The van der Waals surface area contributed by atoms with E-state index in [-0.39, 0.29) is 5.75 Å². The van der Waals surface area contributed by atoms with Gasteiger partial charge in [-0.25, -0.2) is 0 Å². The minimum absolute atomic E-state index is 0.168. The van der Waals surface area contributed by atoms with Gasteiger partial charge >= 0.3 is 0 Å². The van der Waals surface area contributed by atoms with Gasteiger partial charge in [0, 0.05) is 22.4 Å². The predicted molar refractivity (Wildman–Crippen MR) is 118 cm³/mol. The lowest BCUT2D eigenvalue weighted by atomic mass is 9.97. The Balaban J connectivity index is 1.67. The Morgan fingerprint density at radius 2 is 1.67 bits per heavy atom. The van der Waals surface area contributed by atoms with Crippen molar-refractivity contribution in [3.63, 3.8) is 0 Å². The quantitative estimate of drug-likeness (QED) is 0.439. The average molecular weight is 400 g/mol. The van der Waals surface area contributed by atoms with Gasteiger partial charge in [-0.15, -0.1) is 0 Å². The fourth-order valence-corrected chi connectivity index (χ4v) is 3.50. The number of aromatic nitrogens is 2. The number of nitrogens with zero attached hydrogens (tertiary/aromatic N) is 1. The van der Waals surface area contributed by atoms with Crippen LogP contribution in [0.15, 0.2) is 66.7 Å². The van der Waals surface area contributed by atoms with Crippen molar-refractivity contribution in [1.29, 1.82) is 0 Å². The summed E-state index contributed by atoms with van der Waals surface area (Å²) in [6.07, 6.45) is 0. The van der Waals surface area contributed by atoms with Crippen LogP contribution < -0.4 is 9.47 Å². The number of H-pyrrole nitrogens is 1. The fraction of sp³-hybridized carbons (Fsp3) is 0.160. The van der Waals surface area contributed by atoms with Gasteiger partial charge in [-0.2, -0.15) is 5.10 Å². The first-order valence-electron chi connectivity index (χ1n) is 9.77. The van der Waals surface area contributed by atoms with E-state index < -0.39 is 0 Å². The maximum atomic E-state index is 10.9. The van der Waals surface area contributed by atoms with E-state index >= 15 is 0 Å². The van der Waals surface area contributed by atoms with Crippen molar-refractivity contribution in [2.24, 2.45) is 0 Å². The lowest BCUT2D eigenvalue weighted by Crippen LogP contribution is -1.97. The zero-order chi connectivity index (χ0) is 21.1. The van der Waals surface area contributed by atoms with Crippen molar-refractivity contribution >= 4 is 0 Å². The molecular weight excluding hydrogens is 376 g/mol. The highest BCUT2D eigenvalue weighted by atomic mass is 16.5. The Morgan fingerprint density at radius 1 is 0.933 bits per heavy atom. The highest BCUT2D eigenvalue weighted by Gasteiger charge is 2.20. The van der Waals surface area contributed by atoms with E-state index in [4.69, 9.17) is 9.47 Å². The van der Waals surface area contributed by atoms with Gasteiger partial charge in [0.1, 0.15) is 29.5 Å². The second-order valence-corrected chi connectivity index (χ2v) is 7.16. The summed E-state index contributed by atoms with van der Waals surface area (Å²) in [4.78, 5) is 0. The zero-order valence-electron chi connectivity index (χ0n) is 17.3. The van der Waals surface area contributed by atoms with Crippen LogP contribution in [0.5, 0.6) is 17.2 Å². The second-order valence-electron chi connectivity index (χ2n) is 7.16. The van der Waals surface area contributed by atoms with Crippen LogP contribution in [0.2, 0.25) is 0 Å². The third-order valence-corrected chi connectivity index (χ3v) is 5.20. The first-order chi connectivity index (χ1) is 14.6. The molecule has 0 atom stereocenters. The minimum Gasteiger partial charge on any atom is -0.507 e. The number of nitrogens with one attached hydrogen (secondary N) is 1. The largest absolute Gasteiger partial charge is 0.507 e. The third-order valence-electron chi connectivity index (χ3n) is 5.20. The number of ether oxygens (including phenoxy) is 2. The van der Waals surface area contributed by atoms with Crippen molar-refractivity contribution in [3.8, 4) is 39.6 Å². The standard InChI is InChI=1S/C25H24N2O3/c1-16-22(30-15-18-7-5-4-6-8-18)14-13-21(25(16)28)24-23(17(2)26-27-24)19-9-11-20(29-3)12-10-19/h4-14,28H,15H2,1-3H3,(H,26,27). The van der Waals surface area contributed by atoms with Crippen LogP contribution in [0.25, 0.3) is 22.4 Å². The normalized spacial score (nSPS) is 10.8. The number of hydrogen-bond acceptors (Lipinski definition) is 4. The molecule has 0 unspecified atom stereocenters. The van der Waals surface area contributed by atoms with Crippen LogP contribution in [0.1, 0.15) is 16.8 Å². The van der Waals surface area contributed by atoms with Gasteiger partial charge in [-0.3, -0.25) is 5.10 Å². The van der Waals surface area contributed by atoms with E-state index in [1.165, 1.54) is 0 Å². The summed E-state index contributed by atoms with van der Waals surface area (Å²) >= 11 is 0. The molecule has 0 fully saturated rings. The van der Waals surface area contributed by atoms with Crippen molar-refractivity contribution < 1.29 is 14.6 Å². The van der Waals surface area contributed by atoms with Gasteiger partial charge < -0.3 is 14.6 Å². The van der Waals surface area contributed by atoms with Gasteiger partial charge in [-0.1, -0.05) is 42.5 Å². The molecule has 5 nitrogen and oxygen atoms in total. The van der Waals surface area contributed by atoms with Gasteiger partial charge in [0.15, 0.2) is 0 Å². The summed E-state index contributed by atoms with van der Waals surface area (Å²) in [5.41, 5.74) is 6.00. The van der Waals surface area contributed by atoms with E-state index in [1.54, 1.807) is 7.11 Å². The highest BCUT2D eigenvalue weighted by Crippen LogP contribution is 2.41. The molecule has 0 saturated heterocycles. The number of aromatic amines is 1. The summed E-state index contributed by atoms with van der Waals surface area (Å²) in [6.45, 7) is 4.27. The molecule has 4 aromatic rings. The highest BCUT2D eigenvalue weighted by molar-refractivity contribution is 5.86. The van der Waals surface area contributed by atoms with Gasteiger partial charge in [0.25, 0.3) is 0 Å². The third kappa shape index (κ3) is 3.74. The molecule has 0 spiro atoms. The Morgan fingerprint density at radius 3 is 2.37 bits per heavy atom. The molecule has 0 amide bonds. The Bertz CT molecular complexity index is 1150. The molecule has 4 rings (SSSR count). The second kappa shape index (κ2) is 8.33. The summed E-state index contributed by atoms with van der Waals surface area (Å²) < 4.78 is 11.2. The summed E-state index contributed by atoms with van der Waals surface area (Å²) in [7, 11) is 1.64. The molecule has 1 heterocycles. The molecule has 30 heavy (non-hydrogen) atoms. The first kappa shape index (κ1) is 19.6. The first-order valence-corrected chi connectivity index (χ1v) is 9.77. The van der Waals surface area contributed by atoms with Crippen LogP contribution in [-0.2, 0) is 6.61 Å². The van der Waals surface area contributed by atoms with E-state index in [0.717, 1.165) is 28.1 Å². The van der Waals surface area contributed by atoms with Crippen molar-refractivity contribution in [1.82, 2.24) is 10.2 Å². The molecule has 2 N–H and O–H groups in total. The van der Waals surface area contributed by atoms with Crippen LogP contribution in [0, 0.1) is 13.8 Å². The van der Waals surface area contributed by atoms with Gasteiger partial charge in [0.2, 0.25) is 0 Å². The lowest BCUT2D eigenvalue weighted by Gasteiger charge is -2.14. The van der Waals surface area contributed by atoms with Crippen molar-refractivity contribution in [3.05, 3.63) is 83.6 Å². The molecule has 5 heteroatoms. The number of phenolic OH excluding ortho intramolecular Hbond substituents is 1. The molecule has 1 aromatic heterocycles. The maximum Gasteiger partial charge on any atom is 0.131 e. The average Bonchev–Trinajstić information content (AvgIpc) is 3.16. The maximum absolute atomic E-state index is 10.9. The number of phenols is 1. The summed E-state index contributed by atoms with van der Waals surface area (Å²) in [6, 6.07) is 21.5. The Hall–Kier alpha value is -3.73. The minimum atomic E-state index is 0.168. The smallest absolute Gasteiger partial charge is 0.131 e. The summed E-state index contributed by atoms with van der Waals surface area (Å²) in [5, 5.41) is 18.5.